The zero-order chi connectivity index (χ0) is 17.5. The lowest BCUT2D eigenvalue weighted by molar-refractivity contribution is 0.276. The number of benzene rings is 1. The summed E-state index contributed by atoms with van der Waals surface area (Å²) < 4.78 is 28.7. The number of ether oxygens (including phenoxy) is 1. The number of hydrogen-bond acceptors (Lipinski definition) is 4. The van der Waals surface area contributed by atoms with Crippen LogP contribution < -0.4 is 9.88 Å². The Balaban J connectivity index is 1.72. The quantitative estimate of drug-likeness (QED) is 0.902. The highest BCUT2D eigenvalue weighted by atomic mass is 32.2. The number of rotatable bonds is 5. The van der Waals surface area contributed by atoms with Crippen LogP contribution in [0.5, 0.6) is 5.75 Å². The molecule has 1 fully saturated rings. The SMILES string of the molecule is Cc1ncccc1OC[C@H]1[C@H](c2ccc(S(N)(=O)=O)cc2)C1(C)C. The second-order valence-corrected chi connectivity index (χ2v) is 8.48. The molecule has 0 aliphatic heterocycles. The zero-order valence-corrected chi connectivity index (χ0v) is 14.9. The van der Waals surface area contributed by atoms with Crippen molar-refractivity contribution in [3.05, 3.63) is 53.9 Å². The molecule has 2 aromatic rings. The monoisotopic (exact) mass is 346 g/mol. The van der Waals surface area contributed by atoms with E-state index in [1.54, 1.807) is 18.3 Å². The first kappa shape index (κ1) is 16.9. The number of aromatic nitrogens is 1. The summed E-state index contributed by atoms with van der Waals surface area (Å²) in [4.78, 5) is 4.37. The molecule has 5 nitrogen and oxygen atoms in total. The fourth-order valence-corrected chi connectivity index (χ4v) is 3.90. The van der Waals surface area contributed by atoms with E-state index >= 15 is 0 Å². The maximum atomic E-state index is 11.4. The molecular formula is C18H22N2O3S. The molecule has 1 aromatic heterocycles. The first-order valence-corrected chi connectivity index (χ1v) is 9.43. The van der Waals surface area contributed by atoms with Gasteiger partial charge in [0.25, 0.3) is 0 Å². The average molecular weight is 346 g/mol. The molecule has 0 spiro atoms. The Morgan fingerprint density at radius 2 is 1.88 bits per heavy atom. The molecule has 6 heteroatoms. The van der Waals surface area contributed by atoms with Crippen LogP contribution >= 0.6 is 0 Å². The average Bonchev–Trinajstić information content (AvgIpc) is 3.07. The van der Waals surface area contributed by atoms with Crippen LogP contribution in [-0.2, 0) is 10.0 Å². The zero-order valence-electron chi connectivity index (χ0n) is 14.1. The number of nitrogens with two attached hydrogens (primary N) is 1. The minimum atomic E-state index is -3.65. The van der Waals surface area contributed by atoms with Gasteiger partial charge < -0.3 is 4.74 Å². The van der Waals surface area contributed by atoms with Crippen molar-refractivity contribution < 1.29 is 13.2 Å². The molecule has 2 N–H and O–H groups in total. The lowest BCUT2D eigenvalue weighted by atomic mass is 10.0. The van der Waals surface area contributed by atoms with Crippen LogP contribution in [0.15, 0.2) is 47.5 Å². The standard InChI is InChI=1S/C18H22N2O3S/c1-12-16(5-4-10-20-12)23-11-15-17(18(15,2)3)13-6-8-14(9-7-13)24(19,21)22/h4-10,15,17H,11H2,1-3H3,(H2,19,21,22)/t15-,17-/m0/s1. The first-order valence-electron chi connectivity index (χ1n) is 7.88. The van der Waals surface area contributed by atoms with Gasteiger partial charge in [-0.1, -0.05) is 26.0 Å². The second-order valence-electron chi connectivity index (χ2n) is 6.92. The highest BCUT2D eigenvalue weighted by Crippen LogP contribution is 2.64. The molecule has 24 heavy (non-hydrogen) atoms. The van der Waals surface area contributed by atoms with Crippen molar-refractivity contribution >= 4 is 10.0 Å². The van der Waals surface area contributed by atoms with Crippen molar-refractivity contribution in [2.45, 2.75) is 31.6 Å². The Morgan fingerprint density at radius 3 is 2.46 bits per heavy atom. The molecule has 2 atom stereocenters. The number of primary sulfonamides is 1. The summed E-state index contributed by atoms with van der Waals surface area (Å²) in [5, 5.41) is 5.15. The van der Waals surface area contributed by atoms with E-state index in [9.17, 15) is 8.42 Å². The Labute approximate surface area is 142 Å². The molecule has 1 heterocycles. The van der Waals surface area contributed by atoms with E-state index < -0.39 is 10.0 Å². The van der Waals surface area contributed by atoms with Crippen molar-refractivity contribution in [2.24, 2.45) is 16.5 Å². The van der Waals surface area contributed by atoms with Crippen LogP contribution in [0.1, 0.15) is 31.0 Å². The third-order valence-corrected chi connectivity index (χ3v) is 5.92. The molecule has 1 aromatic carbocycles. The highest BCUT2D eigenvalue weighted by molar-refractivity contribution is 7.89. The van der Waals surface area contributed by atoms with Crippen LogP contribution in [-0.4, -0.2) is 20.0 Å². The molecule has 1 aliphatic rings. The fourth-order valence-electron chi connectivity index (χ4n) is 3.38. The largest absolute Gasteiger partial charge is 0.491 e. The van der Waals surface area contributed by atoms with E-state index in [1.807, 2.05) is 31.2 Å². The number of pyridine rings is 1. The van der Waals surface area contributed by atoms with Crippen molar-refractivity contribution in [3.63, 3.8) is 0 Å². The van der Waals surface area contributed by atoms with Gasteiger partial charge in [-0.05, 0) is 48.1 Å². The molecular weight excluding hydrogens is 324 g/mol. The van der Waals surface area contributed by atoms with E-state index in [1.165, 1.54) is 0 Å². The van der Waals surface area contributed by atoms with Gasteiger partial charge in [0.2, 0.25) is 10.0 Å². The van der Waals surface area contributed by atoms with E-state index in [2.05, 4.69) is 18.8 Å². The van der Waals surface area contributed by atoms with Crippen molar-refractivity contribution in [2.75, 3.05) is 6.61 Å². The third kappa shape index (κ3) is 3.16. The summed E-state index contributed by atoms with van der Waals surface area (Å²) in [6.07, 6.45) is 1.75. The van der Waals surface area contributed by atoms with Crippen LogP contribution in [0.4, 0.5) is 0 Å². The van der Waals surface area contributed by atoms with Crippen LogP contribution in [0.25, 0.3) is 0 Å². The minimum Gasteiger partial charge on any atom is -0.491 e. The predicted molar refractivity (Wildman–Crippen MR) is 92.3 cm³/mol. The maximum absolute atomic E-state index is 11.4. The lowest BCUT2D eigenvalue weighted by Gasteiger charge is -2.08. The number of aryl methyl sites for hydroxylation is 1. The van der Waals surface area contributed by atoms with Crippen molar-refractivity contribution in [1.82, 2.24) is 4.98 Å². The normalized spacial score (nSPS) is 22.2. The highest BCUT2D eigenvalue weighted by Gasteiger charge is 2.58. The van der Waals surface area contributed by atoms with Gasteiger partial charge in [-0.15, -0.1) is 0 Å². The number of sulfonamides is 1. The molecule has 0 amide bonds. The predicted octanol–water partition coefficient (Wildman–Crippen LogP) is 2.86. The van der Waals surface area contributed by atoms with Crippen LogP contribution in [0.2, 0.25) is 0 Å². The first-order chi connectivity index (χ1) is 11.2. The number of nitrogens with zero attached hydrogens (tertiary/aromatic N) is 1. The molecule has 0 bridgehead atoms. The van der Waals surface area contributed by atoms with Crippen LogP contribution in [0.3, 0.4) is 0 Å². The van der Waals surface area contributed by atoms with E-state index in [0.29, 0.717) is 18.4 Å². The lowest BCUT2D eigenvalue weighted by Crippen LogP contribution is -2.11. The van der Waals surface area contributed by atoms with E-state index in [-0.39, 0.29) is 10.3 Å². The van der Waals surface area contributed by atoms with Gasteiger partial charge in [0.15, 0.2) is 0 Å². The van der Waals surface area contributed by atoms with Gasteiger partial charge in [-0.2, -0.15) is 0 Å². The summed E-state index contributed by atoms with van der Waals surface area (Å²) in [6.45, 7) is 6.95. The number of hydrogen-bond donors (Lipinski definition) is 1. The minimum absolute atomic E-state index is 0.110. The van der Waals surface area contributed by atoms with Crippen molar-refractivity contribution in [3.8, 4) is 5.75 Å². The van der Waals surface area contributed by atoms with Gasteiger partial charge in [0, 0.05) is 12.1 Å². The summed E-state index contributed by atoms with van der Waals surface area (Å²) in [5.41, 5.74) is 2.10. The van der Waals surface area contributed by atoms with Gasteiger partial charge in [0.05, 0.1) is 17.2 Å². The molecule has 0 unspecified atom stereocenters. The van der Waals surface area contributed by atoms with Gasteiger partial charge in [-0.25, -0.2) is 13.6 Å². The molecule has 3 rings (SSSR count). The van der Waals surface area contributed by atoms with Crippen molar-refractivity contribution in [1.29, 1.82) is 0 Å². The maximum Gasteiger partial charge on any atom is 0.238 e. The Bertz CT molecular complexity index is 845. The molecule has 1 aliphatic carbocycles. The summed E-state index contributed by atoms with van der Waals surface area (Å²) in [7, 11) is -3.65. The smallest absolute Gasteiger partial charge is 0.238 e. The molecule has 0 saturated heterocycles. The third-order valence-electron chi connectivity index (χ3n) is 5.00. The second kappa shape index (κ2) is 5.86. The summed E-state index contributed by atoms with van der Waals surface area (Å²) in [5.74, 6) is 1.52. The van der Waals surface area contributed by atoms with Crippen LogP contribution in [0, 0.1) is 18.3 Å². The summed E-state index contributed by atoms with van der Waals surface area (Å²) in [6, 6.07) is 10.6. The molecule has 128 valence electrons. The van der Waals surface area contributed by atoms with Gasteiger partial charge in [0.1, 0.15) is 5.75 Å². The van der Waals surface area contributed by atoms with E-state index in [4.69, 9.17) is 9.88 Å². The molecule has 0 radical (unpaired) electrons. The Morgan fingerprint density at radius 1 is 1.21 bits per heavy atom. The Hall–Kier alpha value is -1.92. The Kier molecular flexibility index (Phi) is 4.13. The topological polar surface area (TPSA) is 82.3 Å². The van der Waals surface area contributed by atoms with Gasteiger partial charge in [-0.3, -0.25) is 4.98 Å². The van der Waals surface area contributed by atoms with E-state index in [0.717, 1.165) is 17.0 Å². The van der Waals surface area contributed by atoms with Gasteiger partial charge >= 0.3 is 0 Å². The molecule has 1 saturated carbocycles. The summed E-state index contributed by atoms with van der Waals surface area (Å²) >= 11 is 0. The fraction of sp³-hybridized carbons (Fsp3) is 0.389.